The largest absolute Gasteiger partial charge is 0.472 e. The highest BCUT2D eigenvalue weighted by Gasteiger charge is 2.23. The van der Waals surface area contributed by atoms with Gasteiger partial charge in [-0.1, -0.05) is 129 Å². The lowest BCUT2D eigenvalue weighted by atomic mass is 10.1. The molecule has 8 heteroatoms. The first-order chi connectivity index (χ1) is 18.6. The first-order valence-electron chi connectivity index (χ1n) is 16.0. The second-order valence-electron chi connectivity index (χ2n) is 10.3. The standard InChI is InChI=1S/C29H62NO6P/c1-3-5-7-9-11-13-15-17-19-21-24-33-27-29(28-36-37(31,32)35-26-23-30)34-25-22-20-18-16-14-12-10-8-6-4-2/h29H,3-28,30H2,1-2H3,(H,31,32)/t29-/m1/s1/i/hD. The van der Waals surface area contributed by atoms with E-state index in [-0.39, 0.29) is 19.8 Å². The van der Waals surface area contributed by atoms with Crippen molar-refractivity contribution in [2.75, 3.05) is 39.6 Å². The van der Waals surface area contributed by atoms with Gasteiger partial charge in [-0.05, 0) is 12.8 Å². The molecule has 0 spiro atoms. The van der Waals surface area contributed by atoms with Crippen molar-refractivity contribution in [1.82, 2.24) is 0 Å². The van der Waals surface area contributed by atoms with Crippen molar-refractivity contribution >= 4 is 7.82 Å². The number of phosphoric acid groups is 1. The van der Waals surface area contributed by atoms with Crippen LogP contribution in [-0.4, -0.2) is 50.6 Å². The highest BCUT2D eigenvalue weighted by molar-refractivity contribution is 7.47. The van der Waals surface area contributed by atoms with E-state index in [2.05, 4.69) is 19.6 Å². The minimum absolute atomic E-state index is 0.0577. The normalized spacial score (nSPS) is 14.5. The van der Waals surface area contributed by atoms with Crippen molar-refractivity contribution in [3.05, 3.63) is 0 Å². The maximum Gasteiger partial charge on any atom is 0.472 e. The van der Waals surface area contributed by atoms with E-state index in [9.17, 15) is 9.46 Å². The van der Waals surface area contributed by atoms with Crippen LogP contribution in [0.5, 0.6) is 0 Å². The number of hydrogen-bond acceptors (Lipinski definition) is 6. The van der Waals surface area contributed by atoms with Crippen LogP contribution in [0, 0.1) is 0 Å². The Morgan fingerprint density at radius 3 is 1.59 bits per heavy atom. The molecule has 0 aromatic rings. The summed E-state index contributed by atoms with van der Waals surface area (Å²) in [4.78, 5) is 9.85. The maximum absolute atomic E-state index is 12.1. The van der Waals surface area contributed by atoms with Crippen LogP contribution in [0.2, 0.25) is 1.41 Å². The number of nitrogens with two attached hydrogens (primary N) is 1. The molecule has 0 amide bonds. The summed E-state index contributed by atoms with van der Waals surface area (Å²) in [6.45, 7) is 6.11. The molecule has 224 valence electrons. The topological polar surface area (TPSA) is 100 Å². The van der Waals surface area contributed by atoms with E-state index in [1.54, 1.807) is 0 Å². The smallest absolute Gasteiger partial charge is 0.379 e. The lowest BCUT2D eigenvalue weighted by Gasteiger charge is -2.20. The van der Waals surface area contributed by atoms with Gasteiger partial charge in [0.05, 0.1) is 19.8 Å². The molecule has 0 bridgehead atoms. The Balaban J connectivity index is 4.04. The van der Waals surface area contributed by atoms with Crippen LogP contribution in [0.15, 0.2) is 0 Å². The molecule has 7 nitrogen and oxygen atoms in total. The fourth-order valence-electron chi connectivity index (χ4n) is 4.27. The molecule has 0 aliphatic carbocycles. The van der Waals surface area contributed by atoms with Crippen molar-refractivity contribution in [3.63, 3.8) is 0 Å². The van der Waals surface area contributed by atoms with Gasteiger partial charge in [0.25, 0.3) is 0 Å². The maximum atomic E-state index is 12.1. The number of phosphoric ester groups is 1. The van der Waals surface area contributed by atoms with E-state index >= 15 is 0 Å². The SMILES string of the molecule is [2H]NCCOP(=O)(O)OC[C@@H](COCCCCCCCCCCCC)OCCCCCCCCCCCC. The van der Waals surface area contributed by atoms with Crippen LogP contribution in [0.1, 0.15) is 142 Å². The molecule has 0 aliphatic rings. The fourth-order valence-corrected chi connectivity index (χ4v) is 5.02. The molecule has 0 rings (SSSR count). The summed E-state index contributed by atoms with van der Waals surface area (Å²) in [5, 5.41) is 0. The van der Waals surface area contributed by atoms with Crippen molar-refractivity contribution in [3.8, 4) is 0 Å². The zero-order chi connectivity index (χ0) is 28.0. The fraction of sp³-hybridized carbons (Fsp3) is 1.00. The molecule has 0 aromatic carbocycles. The molecule has 0 radical (unpaired) electrons. The summed E-state index contributed by atoms with van der Waals surface area (Å²) in [5.41, 5.74) is 2.13. The zero-order valence-electron chi connectivity index (χ0n) is 25.4. The Hall–Kier alpha value is -0.0100. The van der Waals surface area contributed by atoms with Gasteiger partial charge in [0.2, 0.25) is 0 Å². The molecule has 0 aliphatic heterocycles. The van der Waals surface area contributed by atoms with Crippen molar-refractivity contribution < 1.29 is 29.4 Å². The number of rotatable bonds is 32. The molecule has 0 aromatic heterocycles. The average molecular weight is 553 g/mol. The van der Waals surface area contributed by atoms with E-state index in [0.29, 0.717) is 19.8 Å². The molecule has 0 heterocycles. The Morgan fingerprint density at radius 1 is 0.649 bits per heavy atom. The van der Waals surface area contributed by atoms with Crippen LogP contribution < -0.4 is 5.73 Å². The quantitative estimate of drug-likeness (QED) is 0.0639. The van der Waals surface area contributed by atoms with Crippen LogP contribution >= 0.6 is 7.82 Å². The van der Waals surface area contributed by atoms with Gasteiger partial charge in [-0.3, -0.25) is 9.05 Å². The lowest BCUT2D eigenvalue weighted by molar-refractivity contribution is -0.0443. The van der Waals surface area contributed by atoms with Crippen LogP contribution in [0.3, 0.4) is 0 Å². The molecule has 0 saturated carbocycles. The molecule has 0 saturated heterocycles. The second-order valence-corrected chi connectivity index (χ2v) is 11.7. The van der Waals surface area contributed by atoms with Crippen molar-refractivity contribution in [1.29, 1.82) is 0 Å². The van der Waals surface area contributed by atoms with Gasteiger partial charge in [0.1, 0.15) is 7.52 Å². The minimum atomic E-state index is -4.17. The molecule has 37 heavy (non-hydrogen) atoms. The Kier molecular flexibility index (Phi) is 27.4. The molecule has 1 unspecified atom stereocenters. The summed E-state index contributed by atoms with van der Waals surface area (Å²) in [6, 6.07) is 0. The highest BCUT2D eigenvalue weighted by Crippen LogP contribution is 2.43. The summed E-state index contributed by atoms with van der Waals surface area (Å²) in [7, 11) is -4.17. The van der Waals surface area contributed by atoms with Crippen molar-refractivity contribution in [2.45, 2.75) is 148 Å². The van der Waals surface area contributed by atoms with E-state index < -0.39 is 13.9 Å². The van der Waals surface area contributed by atoms with Gasteiger partial charge >= 0.3 is 7.82 Å². The summed E-state index contributed by atoms with van der Waals surface area (Å²) in [5.74, 6) is 0. The summed E-state index contributed by atoms with van der Waals surface area (Å²) in [6.07, 6.45) is 25.0. The first-order valence-corrected chi connectivity index (χ1v) is 17.0. The Bertz CT molecular complexity index is 517. The molecular formula is C29H62NO6P. The number of unbranched alkanes of at least 4 members (excludes halogenated alkanes) is 18. The predicted molar refractivity (Wildman–Crippen MR) is 155 cm³/mol. The Morgan fingerprint density at radius 2 is 1.11 bits per heavy atom. The van der Waals surface area contributed by atoms with Crippen LogP contribution in [0.4, 0.5) is 0 Å². The van der Waals surface area contributed by atoms with Gasteiger partial charge in [0.15, 0.2) is 0 Å². The summed E-state index contributed by atoms with van der Waals surface area (Å²) >= 11 is 0. The van der Waals surface area contributed by atoms with Crippen molar-refractivity contribution in [2.24, 2.45) is 5.73 Å². The number of ether oxygens (including phenoxy) is 2. The molecule has 2 atom stereocenters. The molecular weight excluding hydrogens is 489 g/mol. The van der Waals surface area contributed by atoms with E-state index in [1.165, 1.54) is 109 Å². The minimum Gasteiger partial charge on any atom is -0.379 e. The van der Waals surface area contributed by atoms with Crippen LogP contribution in [0.25, 0.3) is 0 Å². The third kappa shape index (κ3) is 28.8. The second kappa shape index (κ2) is 29.0. The van der Waals surface area contributed by atoms with E-state index in [1.807, 2.05) is 0 Å². The lowest BCUT2D eigenvalue weighted by Crippen LogP contribution is -2.26. The van der Waals surface area contributed by atoms with Gasteiger partial charge in [-0.2, -0.15) is 0 Å². The zero-order valence-corrected chi connectivity index (χ0v) is 25.3. The van der Waals surface area contributed by atoms with E-state index in [0.717, 1.165) is 19.3 Å². The third-order valence-corrected chi connectivity index (χ3v) is 7.56. The average Bonchev–Trinajstić information content (AvgIpc) is 2.90. The van der Waals surface area contributed by atoms with Gasteiger partial charge in [-0.25, -0.2) is 4.57 Å². The predicted octanol–water partition coefficient (Wildman–Crippen LogP) is 8.32. The van der Waals surface area contributed by atoms with Gasteiger partial charge in [-0.15, -0.1) is 0 Å². The van der Waals surface area contributed by atoms with E-state index in [4.69, 9.17) is 19.9 Å². The monoisotopic (exact) mass is 552 g/mol. The molecule has 3 N–H and O–H groups in total. The van der Waals surface area contributed by atoms with Gasteiger partial charge in [0, 0.05) is 19.8 Å². The Labute approximate surface area is 231 Å². The highest BCUT2D eigenvalue weighted by atomic mass is 31.2. The number of hydrogen-bond donors (Lipinski definition) is 2. The third-order valence-electron chi connectivity index (χ3n) is 6.58. The first kappa shape index (κ1) is 35.0. The molecule has 0 fully saturated rings. The van der Waals surface area contributed by atoms with Crippen LogP contribution in [-0.2, 0) is 23.1 Å². The van der Waals surface area contributed by atoms with Gasteiger partial charge < -0.3 is 20.1 Å². The summed E-state index contributed by atoms with van der Waals surface area (Å²) < 4.78 is 40.7.